The third-order valence-corrected chi connectivity index (χ3v) is 7.69. The van der Waals surface area contributed by atoms with Gasteiger partial charge in [-0.1, -0.05) is 66.3 Å². The highest BCUT2D eigenvalue weighted by atomic mass is 32.1. The standard InChI is InChI=1S/C26H25N3O5S/c30-23(27-12-15-6-5-11-16(15)24(31)32)22-13-28-25(35-22)29-26(33)34-14-21-19-9-3-1-7-17(19)18-8-2-4-10-20(18)21/h1-4,7-10,13,15-16,21H,5-6,11-12,14H2,(H,27,30)(H,31,32)(H,28,29,33). The summed E-state index contributed by atoms with van der Waals surface area (Å²) < 4.78 is 5.52. The number of amides is 2. The number of rotatable bonds is 7. The summed E-state index contributed by atoms with van der Waals surface area (Å²) in [4.78, 5) is 40.7. The molecule has 1 aromatic heterocycles. The van der Waals surface area contributed by atoms with Crippen LogP contribution in [0.5, 0.6) is 0 Å². The first-order chi connectivity index (χ1) is 17.0. The quantitative estimate of drug-likeness (QED) is 0.440. The predicted octanol–water partition coefficient (Wildman–Crippen LogP) is 4.73. The van der Waals surface area contributed by atoms with Gasteiger partial charge in [0.05, 0.1) is 12.1 Å². The van der Waals surface area contributed by atoms with Gasteiger partial charge in [-0.05, 0) is 41.0 Å². The zero-order chi connectivity index (χ0) is 24.4. The minimum Gasteiger partial charge on any atom is -0.481 e. The Hall–Kier alpha value is -3.72. The SMILES string of the molecule is O=C(Nc1ncc(C(=O)NCC2CCCC2C(=O)O)s1)OCC1c2ccccc2-c2ccccc21. The topological polar surface area (TPSA) is 118 Å². The highest BCUT2D eigenvalue weighted by Gasteiger charge is 2.33. The Labute approximate surface area is 206 Å². The Bertz CT molecular complexity index is 1230. The van der Waals surface area contributed by atoms with Gasteiger partial charge in [-0.3, -0.25) is 14.9 Å². The molecule has 1 fully saturated rings. The number of nitrogens with one attached hydrogen (secondary N) is 2. The molecule has 2 aliphatic carbocycles. The van der Waals surface area contributed by atoms with Gasteiger partial charge < -0.3 is 15.2 Å². The Balaban J connectivity index is 1.15. The van der Waals surface area contributed by atoms with Gasteiger partial charge in [0.25, 0.3) is 5.91 Å². The smallest absolute Gasteiger partial charge is 0.413 e. The molecule has 35 heavy (non-hydrogen) atoms. The fourth-order valence-electron chi connectivity index (χ4n) is 5.08. The third-order valence-electron chi connectivity index (χ3n) is 6.78. The highest BCUT2D eigenvalue weighted by molar-refractivity contribution is 7.17. The number of hydrogen-bond acceptors (Lipinski definition) is 6. The van der Waals surface area contributed by atoms with Gasteiger partial charge in [0.15, 0.2) is 5.13 Å². The first kappa shape index (κ1) is 23.0. The van der Waals surface area contributed by atoms with Crippen molar-refractivity contribution in [3.63, 3.8) is 0 Å². The van der Waals surface area contributed by atoms with Crippen molar-refractivity contribution < 1.29 is 24.2 Å². The number of thiazole rings is 1. The number of carboxylic acid groups (broad SMARTS) is 1. The van der Waals surface area contributed by atoms with E-state index in [0.29, 0.717) is 17.8 Å². The minimum absolute atomic E-state index is 0.0454. The van der Waals surface area contributed by atoms with E-state index in [4.69, 9.17) is 4.74 Å². The van der Waals surface area contributed by atoms with Crippen molar-refractivity contribution in [2.45, 2.75) is 25.2 Å². The average Bonchev–Trinajstić information content (AvgIpc) is 3.59. The van der Waals surface area contributed by atoms with Crippen LogP contribution in [0.2, 0.25) is 0 Å². The van der Waals surface area contributed by atoms with Gasteiger partial charge in [0.1, 0.15) is 11.5 Å². The second kappa shape index (κ2) is 9.87. The minimum atomic E-state index is -0.811. The number of fused-ring (bicyclic) bond motifs is 3. The maximum absolute atomic E-state index is 12.5. The fourth-order valence-corrected chi connectivity index (χ4v) is 5.79. The Morgan fingerprint density at radius 1 is 1.03 bits per heavy atom. The van der Waals surface area contributed by atoms with Gasteiger partial charge in [0, 0.05) is 12.5 Å². The van der Waals surface area contributed by atoms with E-state index in [-0.39, 0.29) is 29.5 Å². The summed E-state index contributed by atoms with van der Waals surface area (Å²) in [5.41, 5.74) is 4.56. The maximum Gasteiger partial charge on any atom is 0.413 e. The second-order valence-corrected chi connectivity index (χ2v) is 9.86. The zero-order valence-corrected chi connectivity index (χ0v) is 19.7. The van der Waals surface area contributed by atoms with E-state index < -0.39 is 18.0 Å². The lowest BCUT2D eigenvalue weighted by atomic mass is 9.96. The summed E-state index contributed by atoms with van der Waals surface area (Å²) in [5.74, 6) is -1.67. The Morgan fingerprint density at radius 2 is 1.71 bits per heavy atom. The van der Waals surface area contributed by atoms with Crippen molar-refractivity contribution in [1.29, 1.82) is 0 Å². The maximum atomic E-state index is 12.5. The summed E-state index contributed by atoms with van der Waals surface area (Å²) in [6.45, 7) is 0.494. The molecule has 8 nitrogen and oxygen atoms in total. The lowest BCUT2D eigenvalue weighted by Gasteiger charge is -2.15. The number of hydrogen-bond donors (Lipinski definition) is 3. The molecule has 1 saturated carbocycles. The van der Waals surface area contributed by atoms with Crippen LogP contribution in [-0.2, 0) is 9.53 Å². The summed E-state index contributed by atoms with van der Waals surface area (Å²) in [7, 11) is 0. The van der Waals surface area contributed by atoms with Crippen LogP contribution in [0, 0.1) is 11.8 Å². The third kappa shape index (κ3) is 4.77. The van der Waals surface area contributed by atoms with E-state index in [1.807, 2.05) is 24.3 Å². The van der Waals surface area contributed by atoms with Crippen molar-refractivity contribution in [3.05, 3.63) is 70.7 Å². The van der Waals surface area contributed by atoms with Crippen LogP contribution in [0.4, 0.5) is 9.93 Å². The van der Waals surface area contributed by atoms with Gasteiger partial charge in [-0.15, -0.1) is 0 Å². The van der Waals surface area contributed by atoms with Gasteiger partial charge >= 0.3 is 12.1 Å². The van der Waals surface area contributed by atoms with E-state index in [1.165, 1.54) is 6.20 Å². The summed E-state index contributed by atoms with van der Waals surface area (Å²) in [6, 6.07) is 16.2. The largest absolute Gasteiger partial charge is 0.481 e. The monoisotopic (exact) mass is 491 g/mol. The molecule has 5 rings (SSSR count). The summed E-state index contributed by atoms with van der Waals surface area (Å²) in [6.07, 6.45) is 3.04. The lowest BCUT2D eigenvalue weighted by Crippen LogP contribution is -2.32. The van der Waals surface area contributed by atoms with Gasteiger partial charge in [0.2, 0.25) is 0 Å². The Kier molecular flexibility index (Phi) is 6.50. The summed E-state index contributed by atoms with van der Waals surface area (Å²) >= 11 is 1.04. The van der Waals surface area contributed by atoms with Crippen LogP contribution in [0.25, 0.3) is 11.1 Å². The van der Waals surface area contributed by atoms with Gasteiger partial charge in [-0.25, -0.2) is 9.78 Å². The molecule has 2 atom stereocenters. The van der Waals surface area contributed by atoms with Crippen LogP contribution < -0.4 is 10.6 Å². The van der Waals surface area contributed by atoms with E-state index in [9.17, 15) is 19.5 Å². The molecule has 0 bridgehead atoms. The molecule has 2 aromatic carbocycles. The van der Waals surface area contributed by atoms with Crippen molar-refractivity contribution in [1.82, 2.24) is 10.3 Å². The highest BCUT2D eigenvalue weighted by Crippen LogP contribution is 2.44. The summed E-state index contributed by atoms with van der Waals surface area (Å²) in [5, 5.41) is 14.9. The molecule has 3 N–H and O–H groups in total. The first-order valence-electron chi connectivity index (χ1n) is 11.6. The molecule has 0 spiro atoms. The average molecular weight is 492 g/mol. The normalized spacial score (nSPS) is 18.5. The molecule has 0 radical (unpaired) electrons. The molecule has 1 heterocycles. The van der Waals surface area contributed by atoms with Crippen molar-refractivity contribution in [2.24, 2.45) is 11.8 Å². The first-order valence-corrected chi connectivity index (χ1v) is 12.4. The van der Waals surface area contributed by atoms with Crippen LogP contribution in [-0.4, -0.2) is 41.2 Å². The number of benzene rings is 2. The molecular formula is C26H25N3O5S. The molecule has 2 amide bonds. The molecule has 0 aliphatic heterocycles. The number of carboxylic acids is 1. The number of aliphatic carboxylic acids is 1. The lowest BCUT2D eigenvalue weighted by molar-refractivity contribution is -0.142. The van der Waals surface area contributed by atoms with Crippen LogP contribution >= 0.6 is 11.3 Å². The van der Waals surface area contributed by atoms with Gasteiger partial charge in [-0.2, -0.15) is 0 Å². The number of nitrogens with zero attached hydrogens (tertiary/aromatic N) is 1. The van der Waals surface area contributed by atoms with E-state index in [1.54, 1.807) is 0 Å². The van der Waals surface area contributed by atoms with E-state index >= 15 is 0 Å². The van der Waals surface area contributed by atoms with E-state index in [2.05, 4.69) is 39.9 Å². The predicted molar refractivity (Wildman–Crippen MR) is 132 cm³/mol. The number of ether oxygens (including phenoxy) is 1. The van der Waals surface area contributed by atoms with Crippen LogP contribution in [0.15, 0.2) is 54.7 Å². The van der Waals surface area contributed by atoms with Crippen molar-refractivity contribution in [2.75, 3.05) is 18.5 Å². The zero-order valence-electron chi connectivity index (χ0n) is 18.9. The number of aromatic nitrogens is 1. The molecule has 2 unspecified atom stereocenters. The molecular weight excluding hydrogens is 466 g/mol. The molecule has 2 aliphatic rings. The number of carbonyl (C=O) groups excluding carboxylic acids is 2. The van der Waals surface area contributed by atoms with Crippen LogP contribution in [0.1, 0.15) is 46.0 Å². The number of carbonyl (C=O) groups is 3. The van der Waals surface area contributed by atoms with Crippen LogP contribution in [0.3, 0.4) is 0 Å². The second-order valence-electron chi connectivity index (χ2n) is 8.83. The van der Waals surface area contributed by atoms with E-state index in [0.717, 1.165) is 46.4 Å². The van der Waals surface area contributed by atoms with Crippen molar-refractivity contribution in [3.8, 4) is 11.1 Å². The molecule has 3 aromatic rings. The Morgan fingerprint density at radius 3 is 2.40 bits per heavy atom. The van der Waals surface area contributed by atoms with Crippen molar-refractivity contribution >= 4 is 34.4 Å². The molecule has 180 valence electrons. The fraction of sp³-hybridized carbons (Fsp3) is 0.308. The molecule has 9 heteroatoms. The number of anilines is 1. The molecule has 0 saturated heterocycles.